The Labute approximate surface area is 251 Å². The summed E-state index contributed by atoms with van der Waals surface area (Å²) < 4.78 is 5.54. The highest BCUT2D eigenvalue weighted by atomic mass is 16.5. The van der Waals surface area contributed by atoms with E-state index < -0.39 is 6.10 Å². The zero-order chi connectivity index (χ0) is 30.2. The van der Waals surface area contributed by atoms with Crippen molar-refractivity contribution in [3.63, 3.8) is 0 Å². The summed E-state index contributed by atoms with van der Waals surface area (Å²) in [6.07, 6.45) is 8.87. The van der Waals surface area contributed by atoms with Crippen LogP contribution in [0.5, 0.6) is 11.5 Å². The number of aromatic hydroxyl groups is 1. The van der Waals surface area contributed by atoms with Crippen LogP contribution >= 0.6 is 0 Å². The lowest BCUT2D eigenvalue weighted by Crippen LogP contribution is -2.50. The highest BCUT2D eigenvalue weighted by Gasteiger charge is 2.29. The highest BCUT2D eigenvalue weighted by molar-refractivity contribution is 5.92. The van der Waals surface area contributed by atoms with Crippen LogP contribution in [0.15, 0.2) is 48.5 Å². The van der Waals surface area contributed by atoms with Gasteiger partial charge in [0.25, 0.3) is 0 Å². The van der Waals surface area contributed by atoms with Gasteiger partial charge < -0.3 is 35.4 Å². The largest absolute Gasteiger partial charge is 0.508 e. The molecule has 3 amide bonds. The van der Waals surface area contributed by atoms with Crippen LogP contribution in [-0.4, -0.2) is 78.5 Å². The first-order valence-electron chi connectivity index (χ1n) is 15.6. The van der Waals surface area contributed by atoms with E-state index in [-0.39, 0.29) is 30.3 Å². The van der Waals surface area contributed by atoms with Crippen molar-refractivity contribution in [3.8, 4) is 11.5 Å². The Kier molecular flexibility index (Phi) is 14.5. The quantitative estimate of drug-likeness (QED) is 0.198. The maximum Gasteiger partial charge on any atom is 0.317 e. The number of urea groups is 1. The molecule has 3 rings (SSSR count). The summed E-state index contributed by atoms with van der Waals surface area (Å²) in [5.74, 6) is 0.785. The molecule has 0 aromatic heterocycles. The third kappa shape index (κ3) is 11.5. The predicted molar refractivity (Wildman–Crippen MR) is 167 cm³/mol. The van der Waals surface area contributed by atoms with E-state index in [2.05, 4.69) is 17.6 Å². The lowest BCUT2D eigenvalue weighted by molar-refractivity contribution is -0.117. The summed E-state index contributed by atoms with van der Waals surface area (Å²) in [5.41, 5.74) is 2.02. The Balaban J connectivity index is 1.35. The summed E-state index contributed by atoms with van der Waals surface area (Å²) in [7, 11) is 0. The highest BCUT2D eigenvalue weighted by Crippen LogP contribution is 2.25. The molecule has 2 aromatic carbocycles. The molecule has 0 radical (unpaired) electrons. The number of nitrogens with one attached hydrogen (secondary N) is 2. The van der Waals surface area contributed by atoms with Crippen LogP contribution in [0.1, 0.15) is 70.8 Å². The Bertz CT molecular complexity index is 1060. The summed E-state index contributed by atoms with van der Waals surface area (Å²) in [4.78, 5) is 29.0. The average molecular weight is 583 g/mol. The fourth-order valence-electron chi connectivity index (χ4n) is 5.31. The van der Waals surface area contributed by atoms with Gasteiger partial charge >= 0.3 is 6.03 Å². The lowest BCUT2D eigenvalue weighted by Gasteiger charge is -2.38. The first-order valence-corrected chi connectivity index (χ1v) is 15.6. The average Bonchev–Trinajstić information content (AvgIpc) is 2.99. The molecular formula is C33H50N4O5. The molecule has 0 aliphatic carbocycles. The number of carbonyl (C=O) groups is 2. The number of likely N-dealkylation sites (tertiary alicyclic amines) is 1. The molecule has 1 aliphatic rings. The second-order valence-electron chi connectivity index (χ2n) is 11.2. The number of phenols is 1. The van der Waals surface area contributed by atoms with Gasteiger partial charge in [0, 0.05) is 44.8 Å². The van der Waals surface area contributed by atoms with Crippen LogP contribution in [0.3, 0.4) is 0 Å². The van der Waals surface area contributed by atoms with Crippen LogP contribution in [0.2, 0.25) is 0 Å². The predicted octanol–water partition coefficient (Wildman–Crippen LogP) is 4.85. The van der Waals surface area contributed by atoms with E-state index >= 15 is 0 Å². The zero-order valence-corrected chi connectivity index (χ0v) is 25.4. The number of benzene rings is 2. The second kappa shape index (κ2) is 18.3. The molecule has 2 aromatic rings. The number of phenolic OH excluding ortho intramolecular Hbond substituents is 1. The molecule has 1 fully saturated rings. The van der Waals surface area contributed by atoms with Crippen LogP contribution in [0.4, 0.5) is 10.5 Å². The molecule has 0 bridgehead atoms. The minimum absolute atomic E-state index is 0.00623. The zero-order valence-electron chi connectivity index (χ0n) is 25.4. The first kappa shape index (κ1) is 33.2. The molecule has 9 heteroatoms. The van der Waals surface area contributed by atoms with Gasteiger partial charge in [0.15, 0.2) is 0 Å². The minimum Gasteiger partial charge on any atom is -0.508 e. The van der Waals surface area contributed by atoms with Crippen molar-refractivity contribution in [2.75, 3.05) is 44.2 Å². The monoisotopic (exact) mass is 582 g/mol. The van der Waals surface area contributed by atoms with Gasteiger partial charge in [-0.05, 0) is 74.2 Å². The van der Waals surface area contributed by atoms with Crippen LogP contribution in [-0.2, 0) is 11.2 Å². The molecular weight excluding hydrogens is 532 g/mol. The molecule has 1 heterocycles. The van der Waals surface area contributed by atoms with E-state index in [1.807, 2.05) is 34.1 Å². The van der Waals surface area contributed by atoms with Gasteiger partial charge in [0.2, 0.25) is 5.91 Å². The van der Waals surface area contributed by atoms with Crippen molar-refractivity contribution >= 4 is 17.6 Å². The normalized spacial score (nSPS) is 14.4. The van der Waals surface area contributed by atoms with E-state index in [9.17, 15) is 19.8 Å². The van der Waals surface area contributed by atoms with Crippen LogP contribution < -0.4 is 20.3 Å². The van der Waals surface area contributed by atoms with Crippen molar-refractivity contribution in [1.82, 2.24) is 15.5 Å². The number of piperidine rings is 1. The number of unbranched alkanes of at least 4 members (excludes halogenated alkanes) is 5. The van der Waals surface area contributed by atoms with Crippen molar-refractivity contribution in [2.45, 2.75) is 83.8 Å². The van der Waals surface area contributed by atoms with Gasteiger partial charge in [-0.1, -0.05) is 51.2 Å². The number of rotatable bonds is 17. The molecule has 0 unspecified atom stereocenters. The molecule has 1 saturated heterocycles. The van der Waals surface area contributed by atoms with Crippen molar-refractivity contribution in [1.29, 1.82) is 0 Å². The van der Waals surface area contributed by atoms with Gasteiger partial charge in [-0.25, -0.2) is 4.79 Å². The molecule has 232 valence electrons. The van der Waals surface area contributed by atoms with E-state index in [1.54, 1.807) is 31.2 Å². The van der Waals surface area contributed by atoms with Crippen LogP contribution in [0, 0.1) is 0 Å². The maximum atomic E-state index is 12.6. The number of hydrogen-bond acceptors (Lipinski definition) is 6. The Hall–Kier alpha value is -3.30. The van der Waals surface area contributed by atoms with Gasteiger partial charge in [-0.2, -0.15) is 0 Å². The Morgan fingerprint density at radius 3 is 2.31 bits per heavy atom. The number of amides is 3. The second-order valence-corrected chi connectivity index (χ2v) is 11.2. The molecule has 1 aliphatic heterocycles. The van der Waals surface area contributed by atoms with E-state index in [0.29, 0.717) is 31.9 Å². The molecule has 1 atom stereocenters. The minimum atomic E-state index is -0.650. The van der Waals surface area contributed by atoms with Crippen LogP contribution in [0.25, 0.3) is 0 Å². The summed E-state index contributed by atoms with van der Waals surface area (Å²) in [5, 5.41) is 25.8. The van der Waals surface area contributed by atoms with E-state index in [1.165, 1.54) is 25.7 Å². The third-order valence-corrected chi connectivity index (χ3v) is 7.73. The fourth-order valence-corrected chi connectivity index (χ4v) is 5.31. The smallest absolute Gasteiger partial charge is 0.317 e. The summed E-state index contributed by atoms with van der Waals surface area (Å²) >= 11 is 0. The number of aliphatic hydroxyl groups is 1. The standard InChI is InChI=1S/C33H50N4O5/c1-3-4-5-6-7-8-20-35-33(41)36-22-18-29(19-23-36)37(26(2)38)28-11-9-27(10-12-28)17-21-34-24-31(40)25-42-32-15-13-30(39)14-16-32/h9-16,29,31,34,39-40H,3-8,17-25H2,1-2H3,(H,35,41)/t31-/m0/s1. The van der Waals surface area contributed by atoms with Gasteiger partial charge in [0.1, 0.15) is 24.2 Å². The molecule has 0 saturated carbocycles. The van der Waals surface area contributed by atoms with Gasteiger partial charge in [-0.15, -0.1) is 0 Å². The van der Waals surface area contributed by atoms with Gasteiger partial charge in [-0.3, -0.25) is 4.79 Å². The number of aliphatic hydroxyl groups excluding tert-OH is 1. The lowest BCUT2D eigenvalue weighted by atomic mass is 10.0. The number of hydrogen-bond donors (Lipinski definition) is 4. The Morgan fingerprint density at radius 1 is 0.976 bits per heavy atom. The van der Waals surface area contributed by atoms with Crippen molar-refractivity contribution in [2.24, 2.45) is 0 Å². The number of carbonyl (C=O) groups excluding carboxylic acids is 2. The number of ether oxygens (including phenoxy) is 1. The summed E-state index contributed by atoms with van der Waals surface area (Å²) in [6.45, 7) is 7.10. The van der Waals surface area contributed by atoms with Crippen molar-refractivity contribution in [3.05, 3.63) is 54.1 Å². The molecule has 0 spiro atoms. The molecule has 9 nitrogen and oxygen atoms in total. The fraction of sp³-hybridized carbons (Fsp3) is 0.576. The third-order valence-electron chi connectivity index (χ3n) is 7.73. The van der Waals surface area contributed by atoms with E-state index in [0.717, 1.165) is 49.9 Å². The van der Waals surface area contributed by atoms with Crippen molar-refractivity contribution < 1.29 is 24.5 Å². The maximum absolute atomic E-state index is 12.6. The van der Waals surface area contributed by atoms with E-state index in [4.69, 9.17) is 4.74 Å². The topological polar surface area (TPSA) is 114 Å². The number of nitrogens with zero attached hydrogens (tertiary/aromatic N) is 2. The molecule has 42 heavy (non-hydrogen) atoms. The SMILES string of the molecule is CCCCCCCCNC(=O)N1CCC(N(C(C)=O)c2ccc(CCNC[C@H](O)COc3ccc(O)cc3)cc2)CC1. The summed E-state index contributed by atoms with van der Waals surface area (Å²) in [6, 6.07) is 14.6. The number of anilines is 1. The molecule has 4 N–H and O–H groups in total. The van der Waals surface area contributed by atoms with Gasteiger partial charge in [0.05, 0.1) is 0 Å². The first-order chi connectivity index (χ1) is 20.4. The Morgan fingerprint density at radius 2 is 1.64 bits per heavy atom.